The van der Waals surface area contributed by atoms with Gasteiger partial charge in [0.05, 0.1) is 0 Å². The summed E-state index contributed by atoms with van der Waals surface area (Å²) >= 11 is 0. The Labute approximate surface area is 102 Å². The minimum atomic E-state index is -3.44. The van der Waals surface area contributed by atoms with Crippen LogP contribution in [0.4, 0.5) is 5.69 Å². The van der Waals surface area contributed by atoms with Crippen molar-refractivity contribution >= 4 is 15.9 Å². The topological polar surface area (TPSA) is 84.2 Å². The fraction of sp³-hybridized carbons (Fsp3) is 0.455. The van der Waals surface area contributed by atoms with Crippen LogP contribution in [0.3, 0.4) is 0 Å². The lowest BCUT2D eigenvalue weighted by Crippen LogP contribution is -2.39. The first-order valence-electron chi connectivity index (χ1n) is 5.62. The van der Waals surface area contributed by atoms with E-state index in [1.807, 2.05) is 18.2 Å². The van der Waals surface area contributed by atoms with Crippen molar-refractivity contribution < 1.29 is 8.42 Å². The minimum absolute atomic E-state index is 0.104. The van der Waals surface area contributed by atoms with E-state index in [0.717, 1.165) is 18.4 Å². The largest absolute Gasteiger partial charge is 0.398 e. The summed E-state index contributed by atoms with van der Waals surface area (Å²) in [6, 6.07) is 7.00. The Morgan fingerprint density at radius 2 is 2.00 bits per heavy atom. The van der Waals surface area contributed by atoms with Gasteiger partial charge in [-0.05, 0) is 31.4 Å². The van der Waals surface area contributed by atoms with Crippen molar-refractivity contribution in [1.82, 2.24) is 9.44 Å². The van der Waals surface area contributed by atoms with Gasteiger partial charge in [0.2, 0.25) is 0 Å². The van der Waals surface area contributed by atoms with Gasteiger partial charge in [0.25, 0.3) is 10.2 Å². The molecule has 0 radical (unpaired) electrons. The fourth-order valence-electron chi connectivity index (χ4n) is 1.66. The lowest BCUT2D eigenvalue weighted by molar-refractivity contribution is 0.552. The van der Waals surface area contributed by atoms with Crippen molar-refractivity contribution in [2.75, 3.05) is 5.73 Å². The predicted molar refractivity (Wildman–Crippen MR) is 67.5 cm³/mol. The summed E-state index contributed by atoms with van der Waals surface area (Å²) < 4.78 is 28.6. The molecule has 0 amide bonds. The van der Waals surface area contributed by atoms with Crippen LogP contribution in [0.2, 0.25) is 0 Å². The van der Waals surface area contributed by atoms with Crippen LogP contribution < -0.4 is 15.2 Å². The molecule has 2 rings (SSSR count). The van der Waals surface area contributed by atoms with Crippen molar-refractivity contribution in [2.45, 2.75) is 31.8 Å². The van der Waals surface area contributed by atoms with Crippen LogP contribution in [-0.4, -0.2) is 14.5 Å². The van der Waals surface area contributed by atoms with E-state index >= 15 is 0 Å². The van der Waals surface area contributed by atoms with E-state index in [9.17, 15) is 8.42 Å². The number of hydrogen-bond acceptors (Lipinski definition) is 3. The zero-order valence-electron chi connectivity index (χ0n) is 9.68. The summed E-state index contributed by atoms with van der Waals surface area (Å²) in [5, 5.41) is 0. The molecule has 5 nitrogen and oxygen atoms in total. The molecule has 0 heterocycles. The summed E-state index contributed by atoms with van der Waals surface area (Å²) in [5.74, 6) is 0. The number of benzene rings is 1. The van der Waals surface area contributed by atoms with Gasteiger partial charge in [-0.3, -0.25) is 0 Å². The normalized spacial score (nSPS) is 17.9. The molecule has 94 valence electrons. The number of para-hydroxylation sites is 1. The second-order valence-corrected chi connectivity index (χ2v) is 5.84. The Morgan fingerprint density at radius 3 is 2.59 bits per heavy atom. The van der Waals surface area contributed by atoms with Crippen molar-refractivity contribution in [3.8, 4) is 0 Å². The zero-order chi connectivity index (χ0) is 12.5. The Kier molecular flexibility index (Phi) is 3.37. The highest BCUT2D eigenvalue weighted by Gasteiger charge is 2.27. The van der Waals surface area contributed by atoms with E-state index in [2.05, 4.69) is 9.44 Å². The van der Waals surface area contributed by atoms with Crippen LogP contribution in [0.1, 0.15) is 31.4 Å². The van der Waals surface area contributed by atoms with Crippen molar-refractivity contribution in [1.29, 1.82) is 0 Å². The Morgan fingerprint density at radius 1 is 1.35 bits per heavy atom. The first-order valence-corrected chi connectivity index (χ1v) is 7.10. The van der Waals surface area contributed by atoms with Gasteiger partial charge in [-0.1, -0.05) is 18.2 Å². The lowest BCUT2D eigenvalue weighted by atomic mass is 10.1. The lowest BCUT2D eigenvalue weighted by Gasteiger charge is -2.16. The average Bonchev–Trinajstić information content (AvgIpc) is 3.00. The number of rotatable bonds is 5. The highest BCUT2D eigenvalue weighted by atomic mass is 32.2. The summed E-state index contributed by atoms with van der Waals surface area (Å²) in [4.78, 5) is 0. The van der Waals surface area contributed by atoms with Crippen molar-refractivity contribution in [3.63, 3.8) is 0 Å². The van der Waals surface area contributed by atoms with Gasteiger partial charge >= 0.3 is 0 Å². The monoisotopic (exact) mass is 255 g/mol. The smallest absolute Gasteiger partial charge is 0.277 e. The maximum absolute atomic E-state index is 11.7. The van der Waals surface area contributed by atoms with E-state index in [4.69, 9.17) is 5.73 Å². The molecular weight excluding hydrogens is 238 g/mol. The van der Waals surface area contributed by atoms with E-state index in [0.29, 0.717) is 5.69 Å². The summed E-state index contributed by atoms with van der Waals surface area (Å²) in [6.45, 7) is 1.78. The summed E-state index contributed by atoms with van der Waals surface area (Å²) in [5.41, 5.74) is 7.18. The SMILES string of the molecule is CC(NS(=O)(=O)NC1CC1)c1ccccc1N. The quantitative estimate of drug-likeness (QED) is 0.684. The second-order valence-electron chi connectivity index (χ2n) is 4.36. The molecule has 1 aromatic rings. The maximum Gasteiger partial charge on any atom is 0.277 e. The molecule has 0 aliphatic heterocycles. The van der Waals surface area contributed by atoms with Crippen LogP contribution in [0.5, 0.6) is 0 Å². The molecule has 0 bridgehead atoms. The van der Waals surface area contributed by atoms with Gasteiger partial charge < -0.3 is 5.73 Å². The van der Waals surface area contributed by atoms with Gasteiger partial charge in [-0.2, -0.15) is 17.9 Å². The van der Waals surface area contributed by atoms with Crippen LogP contribution in [-0.2, 0) is 10.2 Å². The third kappa shape index (κ3) is 3.42. The maximum atomic E-state index is 11.7. The zero-order valence-corrected chi connectivity index (χ0v) is 10.5. The van der Waals surface area contributed by atoms with Gasteiger partial charge in [0, 0.05) is 17.8 Å². The highest BCUT2D eigenvalue weighted by Crippen LogP contribution is 2.22. The van der Waals surface area contributed by atoms with Gasteiger partial charge in [0.15, 0.2) is 0 Å². The molecule has 0 spiro atoms. The number of hydrogen-bond donors (Lipinski definition) is 3. The van der Waals surface area contributed by atoms with Crippen molar-refractivity contribution in [2.24, 2.45) is 0 Å². The van der Waals surface area contributed by atoms with E-state index < -0.39 is 10.2 Å². The Bertz CT molecular complexity index is 497. The number of nitrogens with one attached hydrogen (secondary N) is 2. The molecule has 1 fully saturated rings. The molecule has 6 heteroatoms. The number of anilines is 1. The Balaban J connectivity index is 2.05. The average molecular weight is 255 g/mol. The first-order chi connectivity index (χ1) is 7.98. The molecule has 17 heavy (non-hydrogen) atoms. The molecule has 1 atom stereocenters. The van der Waals surface area contributed by atoms with Crippen molar-refractivity contribution in [3.05, 3.63) is 29.8 Å². The van der Waals surface area contributed by atoms with Gasteiger partial charge in [-0.15, -0.1) is 0 Å². The predicted octanol–water partition coefficient (Wildman–Crippen LogP) is 0.916. The third-order valence-electron chi connectivity index (χ3n) is 2.69. The summed E-state index contributed by atoms with van der Waals surface area (Å²) in [6.07, 6.45) is 1.84. The molecule has 4 N–H and O–H groups in total. The van der Waals surface area contributed by atoms with Crippen LogP contribution >= 0.6 is 0 Å². The summed E-state index contributed by atoms with van der Waals surface area (Å²) in [7, 11) is -3.44. The molecule has 1 aromatic carbocycles. The minimum Gasteiger partial charge on any atom is -0.398 e. The molecular formula is C11H17N3O2S. The standard InChI is InChI=1S/C11H17N3O2S/c1-8(10-4-2-3-5-11(10)12)13-17(15,16)14-9-6-7-9/h2-5,8-9,13-14H,6-7,12H2,1H3. The Hall–Kier alpha value is -1.11. The molecule has 1 unspecified atom stereocenters. The van der Waals surface area contributed by atoms with Crippen LogP contribution in [0, 0.1) is 0 Å². The van der Waals surface area contributed by atoms with E-state index in [1.165, 1.54) is 0 Å². The molecule has 1 aliphatic rings. The van der Waals surface area contributed by atoms with Crippen LogP contribution in [0.15, 0.2) is 24.3 Å². The van der Waals surface area contributed by atoms with E-state index in [1.54, 1.807) is 13.0 Å². The molecule has 1 aliphatic carbocycles. The highest BCUT2D eigenvalue weighted by molar-refractivity contribution is 7.87. The third-order valence-corrected chi connectivity index (χ3v) is 4.00. The molecule has 0 saturated heterocycles. The molecule has 0 aromatic heterocycles. The second kappa shape index (κ2) is 4.64. The number of nitrogens with two attached hydrogens (primary N) is 1. The fourth-order valence-corrected chi connectivity index (χ4v) is 2.99. The number of nitrogen functional groups attached to an aromatic ring is 1. The van der Waals surface area contributed by atoms with Gasteiger partial charge in [0.1, 0.15) is 0 Å². The van der Waals surface area contributed by atoms with E-state index in [-0.39, 0.29) is 12.1 Å². The first kappa shape index (κ1) is 12.3. The molecule has 1 saturated carbocycles. The van der Waals surface area contributed by atoms with Crippen LogP contribution in [0.25, 0.3) is 0 Å². The van der Waals surface area contributed by atoms with Gasteiger partial charge in [-0.25, -0.2) is 0 Å².